The van der Waals surface area contributed by atoms with E-state index in [0.29, 0.717) is 6.07 Å². The van der Waals surface area contributed by atoms with Crippen LogP contribution >= 0.6 is 0 Å². The van der Waals surface area contributed by atoms with Crippen molar-refractivity contribution in [3.8, 4) is 0 Å². The Hall–Kier alpha value is -1.21. The minimum atomic E-state index is -4.40. The average Bonchev–Trinajstić information content (AvgIpc) is 2.28. The van der Waals surface area contributed by atoms with Crippen molar-refractivity contribution in [2.24, 2.45) is 5.73 Å². The maximum atomic E-state index is 13.4. The number of hydrogen-bond acceptors (Lipinski definition) is 2. The summed E-state index contributed by atoms with van der Waals surface area (Å²) in [5.41, 5.74) is 5.93. The largest absolute Gasteiger partial charge is 0.411 e. The second-order valence-electron chi connectivity index (χ2n) is 4.19. The first-order valence-corrected chi connectivity index (χ1v) is 5.56. The molecule has 2 nitrogen and oxygen atoms in total. The Morgan fingerprint density at radius 1 is 1.21 bits per heavy atom. The van der Waals surface area contributed by atoms with E-state index < -0.39 is 30.5 Å². The van der Waals surface area contributed by atoms with E-state index in [1.165, 1.54) is 13.0 Å². The first-order chi connectivity index (χ1) is 8.70. The van der Waals surface area contributed by atoms with E-state index in [1.54, 1.807) is 0 Å². The van der Waals surface area contributed by atoms with E-state index in [1.807, 2.05) is 0 Å². The molecule has 0 heterocycles. The van der Waals surface area contributed by atoms with E-state index in [0.717, 1.165) is 0 Å². The highest BCUT2D eigenvalue weighted by molar-refractivity contribution is 5.28. The standard InChI is InChI=1S/C12H14F5NO/c1-7-4-8(10(14)5-9(7)13)11(18)2-3-19-6-12(15,16)17/h4-5,11H,2-3,6,18H2,1H3. The second kappa shape index (κ2) is 6.29. The first-order valence-electron chi connectivity index (χ1n) is 5.56. The Balaban J connectivity index is 2.54. The molecule has 7 heteroatoms. The Kier molecular flexibility index (Phi) is 5.25. The molecule has 0 aromatic heterocycles. The van der Waals surface area contributed by atoms with E-state index in [-0.39, 0.29) is 24.2 Å². The lowest BCUT2D eigenvalue weighted by molar-refractivity contribution is -0.174. The summed E-state index contributed by atoms with van der Waals surface area (Å²) in [5.74, 6) is -1.51. The van der Waals surface area contributed by atoms with Gasteiger partial charge in [0.25, 0.3) is 0 Å². The summed E-state index contributed by atoms with van der Waals surface area (Å²) in [5, 5.41) is 0. The number of halogens is 5. The monoisotopic (exact) mass is 283 g/mol. The van der Waals surface area contributed by atoms with Gasteiger partial charge in [-0.15, -0.1) is 0 Å². The van der Waals surface area contributed by atoms with Gasteiger partial charge >= 0.3 is 6.18 Å². The molecule has 0 saturated heterocycles. The van der Waals surface area contributed by atoms with Gasteiger partial charge in [0.2, 0.25) is 0 Å². The number of rotatable bonds is 5. The summed E-state index contributed by atoms with van der Waals surface area (Å²) in [6, 6.07) is 1.12. The van der Waals surface area contributed by atoms with Crippen LogP contribution in [0.15, 0.2) is 12.1 Å². The molecule has 1 atom stereocenters. The average molecular weight is 283 g/mol. The van der Waals surface area contributed by atoms with Crippen molar-refractivity contribution in [2.75, 3.05) is 13.2 Å². The molecule has 0 aliphatic carbocycles. The zero-order chi connectivity index (χ0) is 14.6. The van der Waals surface area contributed by atoms with Crippen LogP contribution in [0.3, 0.4) is 0 Å². The molecule has 1 aromatic carbocycles. The van der Waals surface area contributed by atoms with E-state index in [2.05, 4.69) is 4.74 Å². The van der Waals surface area contributed by atoms with Crippen molar-refractivity contribution in [3.63, 3.8) is 0 Å². The number of nitrogens with two attached hydrogens (primary N) is 1. The van der Waals surface area contributed by atoms with Gasteiger partial charge in [-0.05, 0) is 25.0 Å². The molecular formula is C12H14F5NO. The highest BCUT2D eigenvalue weighted by atomic mass is 19.4. The maximum Gasteiger partial charge on any atom is 0.411 e. The van der Waals surface area contributed by atoms with E-state index in [9.17, 15) is 22.0 Å². The summed E-state index contributed by atoms with van der Waals surface area (Å²) in [4.78, 5) is 0. The Labute approximate surface area is 107 Å². The molecule has 0 radical (unpaired) electrons. The zero-order valence-corrected chi connectivity index (χ0v) is 10.2. The Bertz CT molecular complexity index is 433. The van der Waals surface area contributed by atoms with Gasteiger partial charge in [0.15, 0.2) is 0 Å². The number of alkyl halides is 3. The molecule has 1 unspecified atom stereocenters. The predicted molar refractivity (Wildman–Crippen MR) is 59.5 cm³/mol. The number of benzene rings is 1. The van der Waals surface area contributed by atoms with Gasteiger partial charge < -0.3 is 10.5 Å². The number of hydrogen-bond donors (Lipinski definition) is 1. The molecule has 0 spiro atoms. The van der Waals surface area contributed by atoms with Crippen LogP contribution in [0, 0.1) is 18.6 Å². The quantitative estimate of drug-likeness (QED) is 0.665. The predicted octanol–water partition coefficient (Wildman–Crippen LogP) is 3.24. The first kappa shape index (κ1) is 15.8. The molecule has 0 aliphatic heterocycles. The molecule has 0 saturated carbocycles. The molecule has 0 fully saturated rings. The molecule has 19 heavy (non-hydrogen) atoms. The Morgan fingerprint density at radius 3 is 2.42 bits per heavy atom. The topological polar surface area (TPSA) is 35.2 Å². The molecule has 1 aromatic rings. The van der Waals surface area contributed by atoms with Crippen LogP contribution in [0.1, 0.15) is 23.6 Å². The minimum absolute atomic E-state index is 0.0120. The normalized spacial score (nSPS) is 13.6. The van der Waals surface area contributed by atoms with E-state index in [4.69, 9.17) is 5.73 Å². The van der Waals surface area contributed by atoms with Gasteiger partial charge in [-0.25, -0.2) is 8.78 Å². The van der Waals surface area contributed by atoms with Crippen molar-refractivity contribution in [2.45, 2.75) is 25.6 Å². The Morgan fingerprint density at radius 2 is 1.84 bits per heavy atom. The van der Waals surface area contributed by atoms with Crippen LogP contribution < -0.4 is 5.73 Å². The van der Waals surface area contributed by atoms with Gasteiger partial charge in [0, 0.05) is 24.3 Å². The van der Waals surface area contributed by atoms with Crippen LogP contribution in [-0.4, -0.2) is 19.4 Å². The third-order valence-electron chi connectivity index (χ3n) is 2.52. The van der Waals surface area contributed by atoms with Crippen LogP contribution in [0.5, 0.6) is 0 Å². The lowest BCUT2D eigenvalue weighted by Crippen LogP contribution is -2.20. The zero-order valence-electron chi connectivity index (χ0n) is 10.2. The lowest BCUT2D eigenvalue weighted by atomic mass is 10.0. The summed E-state index contributed by atoms with van der Waals surface area (Å²) < 4.78 is 66.3. The lowest BCUT2D eigenvalue weighted by Gasteiger charge is -2.15. The smallest absolute Gasteiger partial charge is 0.372 e. The SMILES string of the molecule is Cc1cc(C(N)CCOCC(F)(F)F)c(F)cc1F. The van der Waals surface area contributed by atoms with Crippen molar-refractivity contribution >= 4 is 0 Å². The summed E-state index contributed by atoms with van der Waals surface area (Å²) in [7, 11) is 0. The molecule has 0 bridgehead atoms. The molecule has 0 amide bonds. The van der Waals surface area contributed by atoms with Gasteiger partial charge in [-0.2, -0.15) is 13.2 Å². The van der Waals surface area contributed by atoms with Crippen molar-refractivity contribution in [1.82, 2.24) is 0 Å². The van der Waals surface area contributed by atoms with Crippen LogP contribution in [0.4, 0.5) is 22.0 Å². The molecule has 108 valence electrons. The highest BCUT2D eigenvalue weighted by Gasteiger charge is 2.27. The number of aryl methyl sites for hydroxylation is 1. The van der Waals surface area contributed by atoms with Gasteiger partial charge in [-0.1, -0.05) is 0 Å². The fourth-order valence-electron chi connectivity index (χ4n) is 1.52. The molecule has 1 rings (SSSR count). The summed E-state index contributed by atoms with van der Waals surface area (Å²) in [6.45, 7) is -0.174. The van der Waals surface area contributed by atoms with E-state index >= 15 is 0 Å². The van der Waals surface area contributed by atoms with Gasteiger partial charge in [0.1, 0.15) is 18.2 Å². The molecule has 2 N–H and O–H groups in total. The third kappa shape index (κ3) is 5.12. The fourth-order valence-corrected chi connectivity index (χ4v) is 1.52. The fraction of sp³-hybridized carbons (Fsp3) is 0.500. The molecule has 0 aliphatic rings. The number of ether oxygens (including phenoxy) is 1. The van der Waals surface area contributed by atoms with Crippen LogP contribution in [0.2, 0.25) is 0 Å². The second-order valence-corrected chi connectivity index (χ2v) is 4.19. The summed E-state index contributed by atoms with van der Waals surface area (Å²) >= 11 is 0. The molecular weight excluding hydrogens is 269 g/mol. The third-order valence-corrected chi connectivity index (χ3v) is 2.52. The maximum absolute atomic E-state index is 13.4. The van der Waals surface area contributed by atoms with Crippen molar-refractivity contribution in [1.29, 1.82) is 0 Å². The minimum Gasteiger partial charge on any atom is -0.372 e. The highest BCUT2D eigenvalue weighted by Crippen LogP contribution is 2.22. The van der Waals surface area contributed by atoms with Crippen molar-refractivity contribution < 1.29 is 26.7 Å². The van der Waals surface area contributed by atoms with Crippen LogP contribution in [-0.2, 0) is 4.74 Å². The summed E-state index contributed by atoms with van der Waals surface area (Å²) in [6.07, 6.45) is -4.39. The van der Waals surface area contributed by atoms with Crippen molar-refractivity contribution in [3.05, 3.63) is 34.9 Å². The van der Waals surface area contributed by atoms with Gasteiger partial charge in [0.05, 0.1) is 0 Å². The van der Waals surface area contributed by atoms with Gasteiger partial charge in [-0.3, -0.25) is 0 Å². The van der Waals surface area contributed by atoms with Crippen LogP contribution in [0.25, 0.3) is 0 Å².